The van der Waals surface area contributed by atoms with Gasteiger partial charge in [-0.05, 0) is 50.9 Å². The highest BCUT2D eigenvalue weighted by Crippen LogP contribution is 2.38. The molecule has 0 bridgehead atoms. The monoisotopic (exact) mass is 317 g/mol. The Morgan fingerprint density at radius 2 is 1.70 bits per heavy atom. The molecule has 1 aliphatic heterocycles. The molecule has 1 aromatic carbocycles. The van der Waals surface area contributed by atoms with Crippen molar-refractivity contribution < 1.29 is 19.2 Å². The van der Waals surface area contributed by atoms with E-state index in [0.717, 1.165) is 5.56 Å². The van der Waals surface area contributed by atoms with Crippen molar-refractivity contribution in [2.45, 2.75) is 38.9 Å². The lowest BCUT2D eigenvalue weighted by atomic mass is 9.77. The highest BCUT2D eigenvalue weighted by atomic mass is 16.7. The van der Waals surface area contributed by atoms with Crippen molar-refractivity contribution >= 4 is 19.1 Å². The summed E-state index contributed by atoms with van der Waals surface area (Å²) in [5, 5.41) is 12.3. The standard InChI is InChI=1S/C17H24BNO4/c1-16(2)17(3,4)23-18(22-16)14(11-20)10-12-6-8-13(9-7-12)15(21)19-5/h6-10,20H,11H2,1-5H3,(H,19,21). The van der Waals surface area contributed by atoms with Gasteiger partial charge in [-0.15, -0.1) is 0 Å². The topological polar surface area (TPSA) is 67.8 Å². The van der Waals surface area contributed by atoms with Crippen molar-refractivity contribution in [2.24, 2.45) is 0 Å². The van der Waals surface area contributed by atoms with Gasteiger partial charge < -0.3 is 19.7 Å². The summed E-state index contributed by atoms with van der Waals surface area (Å²) in [6, 6.07) is 7.13. The fourth-order valence-electron chi connectivity index (χ4n) is 2.27. The van der Waals surface area contributed by atoms with E-state index in [1.807, 2.05) is 45.9 Å². The number of amides is 1. The molecule has 6 heteroatoms. The predicted octanol–water partition coefficient (Wildman–Crippen LogP) is 2.05. The molecule has 0 saturated carbocycles. The molecular weight excluding hydrogens is 293 g/mol. The molecule has 0 spiro atoms. The molecule has 1 aliphatic rings. The van der Waals surface area contributed by atoms with Gasteiger partial charge in [0.25, 0.3) is 5.91 Å². The zero-order chi connectivity index (χ0) is 17.3. The maximum absolute atomic E-state index is 11.5. The van der Waals surface area contributed by atoms with Gasteiger partial charge in [0.05, 0.1) is 17.8 Å². The van der Waals surface area contributed by atoms with Crippen LogP contribution >= 0.6 is 0 Å². The Labute approximate surface area is 137 Å². The van der Waals surface area contributed by atoms with Gasteiger partial charge in [-0.3, -0.25) is 4.79 Å². The Morgan fingerprint density at radius 3 is 2.13 bits per heavy atom. The van der Waals surface area contributed by atoms with E-state index in [-0.39, 0.29) is 12.5 Å². The molecule has 124 valence electrons. The first-order chi connectivity index (χ1) is 10.7. The number of benzene rings is 1. The molecule has 2 rings (SSSR count). The second-order valence-electron chi connectivity index (χ2n) is 6.67. The zero-order valence-corrected chi connectivity index (χ0v) is 14.3. The lowest BCUT2D eigenvalue weighted by molar-refractivity contribution is 0.00578. The predicted molar refractivity (Wildman–Crippen MR) is 91.0 cm³/mol. The average molecular weight is 317 g/mol. The number of aliphatic hydroxyl groups excluding tert-OH is 1. The van der Waals surface area contributed by atoms with E-state index >= 15 is 0 Å². The Balaban J connectivity index is 2.21. The van der Waals surface area contributed by atoms with E-state index in [1.165, 1.54) is 0 Å². The fourth-order valence-corrected chi connectivity index (χ4v) is 2.27. The quantitative estimate of drug-likeness (QED) is 0.834. The molecule has 1 fully saturated rings. The minimum atomic E-state index is -0.580. The van der Waals surface area contributed by atoms with Gasteiger partial charge >= 0.3 is 7.12 Å². The van der Waals surface area contributed by atoms with Crippen LogP contribution in [0, 0.1) is 0 Å². The second kappa shape index (κ2) is 6.47. The third-order valence-electron chi connectivity index (χ3n) is 4.49. The van der Waals surface area contributed by atoms with Crippen LogP contribution in [-0.4, -0.2) is 43.0 Å². The number of hydrogen-bond acceptors (Lipinski definition) is 4. The summed E-state index contributed by atoms with van der Waals surface area (Å²) in [6.45, 7) is 7.73. The minimum Gasteiger partial charge on any atom is -0.400 e. The third-order valence-corrected chi connectivity index (χ3v) is 4.49. The Bertz CT molecular complexity index is 592. The molecule has 1 aromatic rings. The molecule has 23 heavy (non-hydrogen) atoms. The molecule has 1 amide bonds. The number of aliphatic hydroxyl groups is 1. The highest BCUT2D eigenvalue weighted by molar-refractivity contribution is 6.55. The SMILES string of the molecule is CNC(=O)c1ccc(C=C(CO)B2OC(C)(C)C(C)(C)O2)cc1. The number of nitrogens with one attached hydrogen (secondary N) is 1. The third kappa shape index (κ3) is 3.66. The summed E-state index contributed by atoms with van der Waals surface area (Å²) < 4.78 is 11.9. The van der Waals surface area contributed by atoms with Gasteiger partial charge in [-0.1, -0.05) is 18.2 Å². The van der Waals surface area contributed by atoms with Gasteiger partial charge in [0.2, 0.25) is 0 Å². The van der Waals surface area contributed by atoms with E-state index < -0.39 is 18.3 Å². The lowest BCUT2D eigenvalue weighted by Crippen LogP contribution is -2.41. The molecule has 5 nitrogen and oxygen atoms in total. The van der Waals surface area contributed by atoms with Crippen LogP contribution in [0.1, 0.15) is 43.6 Å². The highest BCUT2D eigenvalue weighted by Gasteiger charge is 2.52. The normalized spacial score (nSPS) is 19.7. The molecule has 0 aromatic heterocycles. The lowest BCUT2D eigenvalue weighted by Gasteiger charge is -2.32. The van der Waals surface area contributed by atoms with E-state index in [1.54, 1.807) is 19.2 Å². The molecule has 1 heterocycles. The summed E-state index contributed by atoms with van der Waals surface area (Å²) in [7, 11) is 1.02. The first-order valence-corrected chi connectivity index (χ1v) is 7.69. The Hall–Kier alpha value is -1.63. The largest absolute Gasteiger partial charge is 0.492 e. The summed E-state index contributed by atoms with van der Waals surface area (Å²) in [5.41, 5.74) is 1.21. The van der Waals surface area contributed by atoms with Gasteiger partial charge in [-0.25, -0.2) is 0 Å². The van der Waals surface area contributed by atoms with Crippen molar-refractivity contribution in [2.75, 3.05) is 13.7 Å². The summed E-state index contributed by atoms with van der Waals surface area (Å²) in [5.74, 6) is -0.131. The molecule has 0 radical (unpaired) electrons. The van der Waals surface area contributed by atoms with Crippen LogP contribution in [0.25, 0.3) is 6.08 Å². The van der Waals surface area contributed by atoms with Crippen molar-refractivity contribution in [1.29, 1.82) is 0 Å². The maximum Gasteiger partial charge on any atom is 0.492 e. The molecule has 1 saturated heterocycles. The zero-order valence-electron chi connectivity index (χ0n) is 14.3. The number of carbonyl (C=O) groups excluding carboxylic acids is 1. The van der Waals surface area contributed by atoms with Gasteiger partial charge in [0, 0.05) is 12.6 Å². The smallest absolute Gasteiger partial charge is 0.400 e. The fraction of sp³-hybridized carbons (Fsp3) is 0.471. The van der Waals surface area contributed by atoms with Gasteiger partial charge in [0.15, 0.2) is 0 Å². The van der Waals surface area contributed by atoms with Crippen LogP contribution in [0.4, 0.5) is 0 Å². The molecular formula is C17H24BNO4. The van der Waals surface area contributed by atoms with Gasteiger partial charge in [-0.2, -0.15) is 0 Å². The Morgan fingerprint density at radius 1 is 1.17 bits per heavy atom. The van der Waals surface area contributed by atoms with E-state index in [9.17, 15) is 9.90 Å². The first-order valence-electron chi connectivity index (χ1n) is 7.69. The van der Waals surface area contributed by atoms with Crippen molar-refractivity contribution in [3.63, 3.8) is 0 Å². The second-order valence-corrected chi connectivity index (χ2v) is 6.67. The van der Waals surface area contributed by atoms with Crippen LogP contribution in [-0.2, 0) is 9.31 Å². The average Bonchev–Trinajstić information content (AvgIpc) is 2.72. The number of rotatable bonds is 4. The van der Waals surface area contributed by atoms with Crippen LogP contribution in [0.2, 0.25) is 0 Å². The summed E-state index contributed by atoms with van der Waals surface area (Å²) in [4.78, 5) is 11.5. The van der Waals surface area contributed by atoms with Crippen molar-refractivity contribution in [3.05, 3.63) is 40.9 Å². The molecule has 0 atom stereocenters. The minimum absolute atomic E-state index is 0.131. The first kappa shape index (κ1) is 17.7. The van der Waals surface area contributed by atoms with E-state index in [4.69, 9.17) is 9.31 Å². The van der Waals surface area contributed by atoms with Crippen LogP contribution in [0.5, 0.6) is 0 Å². The Kier molecular flexibility index (Phi) is 4.99. The van der Waals surface area contributed by atoms with Crippen molar-refractivity contribution in [3.8, 4) is 0 Å². The van der Waals surface area contributed by atoms with Crippen LogP contribution in [0.15, 0.2) is 29.7 Å². The van der Waals surface area contributed by atoms with Crippen LogP contribution < -0.4 is 5.32 Å². The van der Waals surface area contributed by atoms with E-state index in [0.29, 0.717) is 11.0 Å². The van der Waals surface area contributed by atoms with Crippen LogP contribution in [0.3, 0.4) is 0 Å². The summed E-state index contributed by atoms with van der Waals surface area (Å²) >= 11 is 0. The van der Waals surface area contributed by atoms with Gasteiger partial charge in [0.1, 0.15) is 0 Å². The van der Waals surface area contributed by atoms with E-state index in [2.05, 4.69) is 5.32 Å². The molecule has 0 aliphatic carbocycles. The molecule has 2 N–H and O–H groups in total. The van der Waals surface area contributed by atoms with Crippen molar-refractivity contribution in [1.82, 2.24) is 5.32 Å². The summed E-state index contributed by atoms with van der Waals surface area (Å²) in [6.07, 6.45) is 1.83. The molecule has 0 unspecified atom stereocenters. The maximum atomic E-state index is 11.5. The number of carbonyl (C=O) groups is 1. The number of hydrogen-bond donors (Lipinski definition) is 2.